The van der Waals surface area contributed by atoms with Crippen molar-refractivity contribution in [3.63, 3.8) is 0 Å². The van der Waals surface area contributed by atoms with Crippen LogP contribution in [0.4, 0.5) is 0 Å². The van der Waals surface area contributed by atoms with Gasteiger partial charge in [0.25, 0.3) is 0 Å². The molecule has 16 heavy (non-hydrogen) atoms. The van der Waals surface area contributed by atoms with Crippen molar-refractivity contribution in [1.82, 2.24) is 0 Å². The second-order valence-corrected chi connectivity index (χ2v) is 15.2. The van der Waals surface area contributed by atoms with Crippen molar-refractivity contribution in [2.45, 2.75) is 6.92 Å². The molecule has 2 aromatic rings. The van der Waals surface area contributed by atoms with Gasteiger partial charge in [0.15, 0.2) is 0 Å². The monoisotopic (exact) mass is 392 g/mol. The van der Waals surface area contributed by atoms with Crippen molar-refractivity contribution >= 4 is 59.5 Å². The van der Waals surface area contributed by atoms with Gasteiger partial charge < -0.3 is 0 Å². The number of halogens is 5. The molecular weight excluding hydrogens is 389 g/mol. The summed E-state index contributed by atoms with van der Waals surface area (Å²) in [4.78, 5) is 0. The number of hydrogen-bond acceptors (Lipinski definition) is 0. The van der Waals surface area contributed by atoms with Gasteiger partial charge in [0, 0.05) is 5.02 Å². The first kappa shape index (κ1) is 15.2. The van der Waals surface area contributed by atoms with E-state index in [1.54, 1.807) is 6.07 Å². The van der Waals surface area contributed by atoms with Gasteiger partial charge in [0.05, 0.1) is 0 Å². The Kier molecular flexibility index (Phi) is 6.59. The summed E-state index contributed by atoms with van der Waals surface area (Å²) >= 11 is 9.71. The average Bonchev–Trinajstić information content (AvgIpc) is 2.44. The molecule has 2 aromatic carbocycles. The molecule has 0 atom stereocenters. The molecule has 0 N–H and O–H groups in total. The minimum absolute atomic E-state index is 0.693. The van der Waals surface area contributed by atoms with Crippen molar-refractivity contribution in [2.75, 3.05) is 0 Å². The first-order valence-corrected chi connectivity index (χ1v) is 14.5. The summed E-state index contributed by atoms with van der Waals surface area (Å²) in [5, 5.41) is 3.62. The van der Waals surface area contributed by atoms with E-state index in [0.717, 1.165) is 15.8 Å². The van der Waals surface area contributed by atoms with Gasteiger partial charge in [-0.2, -0.15) is 6.07 Å². The number of hydrogen-bond donors (Lipinski definition) is 0. The van der Waals surface area contributed by atoms with Crippen molar-refractivity contribution in [2.24, 2.45) is 0 Å². The van der Waals surface area contributed by atoms with Crippen LogP contribution in [-0.4, -0.2) is 0 Å². The Morgan fingerprint density at radius 3 is 2.19 bits per heavy atom. The molecule has 0 radical (unpaired) electrons. The zero-order valence-corrected chi connectivity index (χ0v) is 14.4. The van der Waals surface area contributed by atoms with Crippen molar-refractivity contribution in [1.29, 1.82) is 0 Å². The third-order valence-corrected chi connectivity index (χ3v) is 2.41. The zero-order chi connectivity index (χ0) is 12.3. The molecule has 0 fully saturated rings. The fourth-order valence-corrected chi connectivity index (χ4v) is 1.95. The summed E-state index contributed by atoms with van der Waals surface area (Å²) < 4.78 is 0. The maximum absolute atomic E-state index is 5.99. The molecule has 0 saturated carbocycles. The summed E-state index contributed by atoms with van der Waals surface area (Å²) in [6, 6.07) is 7.84. The van der Waals surface area contributed by atoms with Crippen LogP contribution in [0.3, 0.4) is 0 Å². The van der Waals surface area contributed by atoms with E-state index in [-0.39, 0.29) is 0 Å². The Morgan fingerprint density at radius 1 is 1.06 bits per heavy atom. The Balaban J connectivity index is 0.000000280. The van der Waals surface area contributed by atoms with E-state index in [9.17, 15) is 0 Å². The van der Waals surface area contributed by atoms with Gasteiger partial charge in [-0.1, -0.05) is 30.1 Å². The molecule has 0 spiro atoms. The summed E-state index contributed by atoms with van der Waals surface area (Å²) in [7, 11) is 15.0. The SMILES string of the molecule is Cc1cc2c(Cl)cc(Cl)cc2[cH-]1.[Cl][Zr]([Cl])[Cl]. The predicted octanol–water partition coefficient (Wildman–Crippen LogP) is 6.24. The Morgan fingerprint density at radius 2 is 1.62 bits per heavy atom. The minimum atomic E-state index is -2.13. The first-order chi connectivity index (χ1) is 7.40. The van der Waals surface area contributed by atoms with Gasteiger partial charge in [0.1, 0.15) is 0 Å². The van der Waals surface area contributed by atoms with Crippen LogP contribution in [0, 0.1) is 6.92 Å². The molecule has 0 aliphatic heterocycles. The fraction of sp³-hybridized carbons (Fsp3) is 0.100. The molecule has 2 rings (SSSR count). The molecule has 0 bridgehead atoms. The first-order valence-electron chi connectivity index (χ1n) is 4.25. The molecule has 0 nitrogen and oxygen atoms in total. The van der Waals surface area contributed by atoms with E-state index in [0.29, 0.717) is 5.02 Å². The van der Waals surface area contributed by atoms with Gasteiger partial charge in [0.2, 0.25) is 0 Å². The van der Waals surface area contributed by atoms with E-state index in [1.165, 1.54) is 5.56 Å². The average molecular weight is 396 g/mol. The molecule has 0 unspecified atom stereocenters. The Bertz CT molecular complexity index is 475. The van der Waals surface area contributed by atoms with Crippen molar-refractivity contribution in [3.05, 3.63) is 39.9 Å². The number of benzene rings is 1. The molecule has 0 aliphatic carbocycles. The molecular formula is C10H7Cl5Zr-. The van der Waals surface area contributed by atoms with Gasteiger partial charge in [-0.3, -0.25) is 0 Å². The van der Waals surface area contributed by atoms with Crippen LogP contribution >= 0.6 is 48.7 Å². The van der Waals surface area contributed by atoms with Crippen LogP contribution in [-0.2, 0) is 18.2 Å². The standard InChI is InChI=1S/C10H7Cl2.3ClH.Zr/c1-6-2-7-4-8(11)5-10(12)9(7)3-6;;;;/h2-5H,1H3;3*1H;/q-1;;;;+3/p-3. The molecule has 6 heteroatoms. The number of fused-ring (bicyclic) bond motifs is 1. The van der Waals surface area contributed by atoms with E-state index in [4.69, 9.17) is 48.7 Å². The summed E-state index contributed by atoms with van der Waals surface area (Å²) in [5.74, 6) is 0. The molecule has 87 valence electrons. The van der Waals surface area contributed by atoms with Gasteiger partial charge >= 0.3 is 43.7 Å². The van der Waals surface area contributed by atoms with Crippen molar-refractivity contribution in [3.8, 4) is 0 Å². The second kappa shape index (κ2) is 6.93. The Hall–Kier alpha value is 1.16. The number of rotatable bonds is 0. The zero-order valence-electron chi connectivity index (χ0n) is 8.20. The molecule has 0 amide bonds. The van der Waals surface area contributed by atoms with E-state index >= 15 is 0 Å². The van der Waals surface area contributed by atoms with E-state index in [2.05, 4.69) is 12.1 Å². The third-order valence-electron chi connectivity index (χ3n) is 1.88. The third kappa shape index (κ3) is 4.80. The quantitative estimate of drug-likeness (QED) is 0.463. The van der Waals surface area contributed by atoms with Gasteiger partial charge in [-0.05, 0) is 11.1 Å². The molecule has 0 aromatic heterocycles. The van der Waals surface area contributed by atoms with Crippen LogP contribution in [0.1, 0.15) is 5.56 Å². The topological polar surface area (TPSA) is 0 Å². The maximum atomic E-state index is 5.99. The van der Waals surface area contributed by atoms with Crippen LogP contribution in [0.2, 0.25) is 10.0 Å². The Labute approximate surface area is 123 Å². The van der Waals surface area contributed by atoms with Gasteiger partial charge in [-0.15, -0.1) is 28.5 Å². The van der Waals surface area contributed by atoms with Crippen LogP contribution in [0.5, 0.6) is 0 Å². The normalized spacial score (nSPS) is 9.88. The summed E-state index contributed by atoms with van der Waals surface area (Å²) in [5.41, 5.74) is 1.22. The second-order valence-electron chi connectivity index (χ2n) is 3.14. The molecule has 0 aliphatic rings. The molecule has 0 saturated heterocycles. The molecule has 0 heterocycles. The summed E-state index contributed by atoms with van der Waals surface area (Å²) in [6.07, 6.45) is 0. The summed E-state index contributed by atoms with van der Waals surface area (Å²) in [6.45, 7) is 2.05. The fourth-order valence-electron chi connectivity index (χ4n) is 1.39. The van der Waals surface area contributed by atoms with E-state index < -0.39 is 18.2 Å². The van der Waals surface area contributed by atoms with Crippen LogP contribution < -0.4 is 0 Å². The van der Waals surface area contributed by atoms with E-state index in [1.807, 2.05) is 13.0 Å². The van der Waals surface area contributed by atoms with Crippen LogP contribution in [0.25, 0.3) is 10.8 Å². The number of aryl methyl sites for hydroxylation is 1. The van der Waals surface area contributed by atoms with Gasteiger partial charge in [-0.25, -0.2) is 0 Å². The van der Waals surface area contributed by atoms with Crippen molar-refractivity contribution < 1.29 is 18.2 Å². The van der Waals surface area contributed by atoms with Crippen LogP contribution in [0.15, 0.2) is 24.3 Å². The predicted molar refractivity (Wildman–Crippen MR) is 71.9 cm³/mol.